The molecule has 592 valence electrons. The van der Waals surface area contributed by atoms with Gasteiger partial charge in [-0.05, 0) is 158 Å². The first-order valence-electron chi connectivity index (χ1n) is 38.1. The molecule has 4 aliphatic carbocycles. The highest BCUT2D eigenvalue weighted by atomic mass is 35.5. The van der Waals surface area contributed by atoms with E-state index < -0.39 is 198 Å². The number of rotatable bonds is 10. The average molecular weight is 1520 g/mol. The van der Waals surface area contributed by atoms with Gasteiger partial charge in [-0.15, -0.1) is 11.6 Å². The Labute approximate surface area is 618 Å². The molecule has 2 bridgehead atoms. The number of alkyl halides is 7. The molecule has 105 heavy (non-hydrogen) atoms. The van der Waals surface area contributed by atoms with Gasteiger partial charge in [-0.3, -0.25) is 57.5 Å². The van der Waals surface area contributed by atoms with Gasteiger partial charge in [-0.1, -0.05) is 47.0 Å². The van der Waals surface area contributed by atoms with Crippen LogP contribution in [0.2, 0.25) is 0 Å². The van der Waals surface area contributed by atoms with Crippen LogP contribution in [0, 0.1) is 41.4 Å². The molecular weight excluding hydrogens is 1400 g/mol. The minimum Gasteiger partial charge on any atom is -0.378 e. The molecule has 8 rings (SSSR count). The molecule has 1 spiro atoms. The number of morpholine rings is 1. The standard InChI is InChI=1S/C73H113ClF6N12O13/c1-11-44(4)60-68(102)85(6)42-59(95)87(8)54-29-20-43(3)40-92(67(54)101)56(38-46-21-25-48(26-22-46)72(75,76)77)65(99)84(5)41-57(93)81-51(28-24-45-23-27-49(50(74)37-45)73(78,79)80)64(98)91-32-15-19-53(91)63(97)83-71(30-16-31-71)70(104)89(10)61(47-17-13-14-18-47)69(103)88(9)55(66(100)90-33-35-105-36-34-90)39-58(94)86(7)52(12-2)62(96)82-60/h43-56,60-61H,11-42H2,1-10H3,(H,81,93)(H,82,96)(H,83,97)/t43-,44+,45?,46?,48?,49?,50?,51+,52+,53+,54+,55+,56+,60+,61+/m1/s1. The monoisotopic (exact) mass is 1510 g/mol. The molecule has 4 saturated carbocycles. The van der Waals surface area contributed by atoms with Crippen molar-refractivity contribution in [2.75, 3.05) is 94.8 Å². The summed E-state index contributed by atoms with van der Waals surface area (Å²) in [6.45, 7) is 6.27. The summed E-state index contributed by atoms with van der Waals surface area (Å²) in [5, 5.41) is 7.33. The summed E-state index contributed by atoms with van der Waals surface area (Å²) in [6.07, 6.45) is -5.91. The van der Waals surface area contributed by atoms with E-state index in [2.05, 4.69) is 16.0 Å². The van der Waals surface area contributed by atoms with Crippen molar-refractivity contribution in [1.29, 1.82) is 0 Å². The molecule has 4 heterocycles. The van der Waals surface area contributed by atoms with Gasteiger partial charge < -0.3 is 64.8 Å². The molecule has 13 atom stereocenters. The van der Waals surface area contributed by atoms with Gasteiger partial charge >= 0.3 is 12.4 Å². The number of carbonyl (C=O) groups excluding carboxylic acids is 12. The largest absolute Gasteiger partial charge is 0.393 e. The SMILES string of the molecule is CC[C@H](C)[C@@H]1NC(=O)[C@H](CC)N(C)C(=O)C[C@@H](C(=O)N2CCOCC2)N(C)C(=O)[C@H](C2CCCC2)N(C)C(=O)C2(CCC2)NC(=O)[C@@H]2CCCN2C(=O)[C@H](CCC2CCC(C(F)(F)F)C(Cl)C2)NC(=O)CN(C)C(=O)[C@H](CC2CCC(C(F)(F)F)CC2)N2C[C@H](C)CC[C@@H](C2=O)N(C)C(=O)CN(C)C1=O. The van der Waals surface area contributed by atoms with Crippen LogP contribution in [0.4, 0.5) is 26.3 Å². The first-order chi connectivity index (χ1) is 49.4. The van der Waals surface area contributed by atoms with Crippen LogP contribution in [0.25, 0.3) is 0 Å². The number of nitrogens with zero attached hydrogens (tertiary/aromatic N) is 9. The zero-order chi connectivity index (χ0) is 77.3. The summed E-state index contributed by atoms with van der Waals surface area (Å²) in [5.41, 5.74) is -1.58. The fraction of sp³-hybridized carbons (Fsp3) is 0.836. The van der Waals surface area contributed by atoms with Crippen molar-refractivity contribution >= 4 is 82.5 Å². The van der Waals surface area contributed by atoms with E-state index in [-0.39, 0.29) is 142 Å². The number of hydrogen-bond donors (Lipinski definition) is 3. The topological polar surface area (TPSA) is 279 Å². The Kier molecular flexibility index (Phi) is 28.9. The fourth-order valence-electron chi connectivity index (χ4n) is 17.4. The third-order valence-electron chi connectivity index (χ3n) is 24.5. The van der Waals surface area contributed by atoms with E-state index in [4.69, 9.17) is 16.3 Å². The average Bonchev–Trinajstić information content (AvgIpc) is 1.47. The molecule has 3 unspecified atom stereocenters. The molecule has 0 radical (unpaired) electrons. The predicted octanol–water partition coefficient (Wildman–Crippen LogP) is 5.87. The smallest absolute Gasteiger partial charge is 0.378 e. The number of ether oxygens (including phenoxy) is 1. The minimum absolute atomic E-state index is 0.00660. The highest BCUT2D eigenvalue weighted by molar-refractivity contribution is 6.21. The van der Waals surface area contributed by atoms with E-state index in [9.17, 15) is 55.1 Å². The lowest BCUT2D eigenvalue weighted by Gasteiger charge is -2.47. The van der Waals surface area contributed by atoms with Crippen molar-refractivity contribution in [3.8, 4) is 0 Å². The lowest BCUT2D eigenvalue weighted by atomic mass is 9.74. The van der Waals surface area contributed by atoms with Crippen LogP contribution in [-0.4, -0.2) is 281 Å². The van der Waals surface area contributed by atoms with Crippen LogP contribution >= 0.6 is 11.6 Å². The van der Waals surface area contributed by atoms with E-state index in [1.165, 1.54) is 71.7 Å². The fourth-order valence-corrected chi connectivity index (χ4v) is 17.9. The van der Waals surface area contributed by atoms with Gasteiger partial charge in [0, 0.05) is 73.8 Å². The van der Waals surface area contributed by atoms with Crippen molar-refractivity contribution in [3.05, 3.63) is 0 Å². The highest BCUT2D eigenvalue weighted by Crippen LogP contribution is 2.45. The summed E-state index contributed by atoms with van der Waals surface area (Å²) in [7, 11) is 8.28. The van der Waals surface area contributed by atoms with E-state index in [0.29, 0.717) is 51.4 Å². The maximum absolute atomic E-state index is 15.6. The Morgan fingerprint density at radius 2 is 1.25 bits per heavy atom. The molecule has 25 nitrogen and oxygen atoms in total. The maximum atomic E-state index is 15.6. The number of nitrogens with one attached hydrogen (secondary N) is 3. The third kappa shape index (κ3) is 20.1. The predicted molar refractivity (Wildman–Crippen MR) is 374 cm³/mol. The summed E-state index contributed by atoms with van der Waals surface area (Å²) in [6, 6.07) is -10.5. The number of halogens is 7. The Hall–Kier alpha value is -6.53. The van der Waals surface area contributed by atoms with Crippen molar-refractivity contribution in [1.82, 2.24) is 60.0 Å². The van der Waals surface area contributed by atoms with Crippen LogP contribution in [0.5, 0.6) is 0 Å². The first-order valence-corrected chi connectivity index (χ1v) is 38.6. The van der Waals surface area contributed by atoms with E-state index in [0.717, 1.165) is 14.7 Å². The van der Waals surface area contributed by atoms with Crippen molar-refractivity contribution in [2.24, 2.45) is 41.4 Å². The van der Waals surface area contributed by atoms with Crippen LogP contribution in [0.3, 0.4) is 0 Å². The second-order valence-electron chi connectivity index (χ2n) is 31.6. The van der Waals surface area contributed by atoms with Gasteiger partial charge in [0.1, 0.15) is 53.9 Å². The lowest BCUT2D eigenvalue weighted by molar-refractivity contribution is -0.184. The van der Waals surface area contributed by atoms with Crippen LogP contribution < -0.4 is 16.0 Å². The Morgan fingerprint density at radius 3 is 1.84 bits per heavy atom. The van der Waals surface area contributed by atoms with Crippen LogP contribution in [0.15, 0.2) is 0 Å². The molecular formula is C73H113ClF6N12O13. The van der Waals surface area contributed by atoms with E-state index >= 15 is 28.8 Å². The number of fused-ring (bicyclic) bond motifs is 3. The third-order valence-corrected chi connectivity index (χ3v) is 25.0. The lowest BCUT2D eigenvalue weighted by Crippen LogP contribution is -2.68. The molecule has 3 N–H and O–H groups in total. The van der Waals surface area contributed by atoms with Gasteiger partial charge in [0.25, 0.3) is 0 Å². The molecule has 0 aromatic rings. The summed E-state index contributed by atoms with van der Waals surface area (Å²) in [5.74, 6) is -14.0. The molecule has 12 amide bonds. The molecule has 0 aromatic heterocycles. The van der Waals surface area contributed by atoms with E-state index in [1.54, 1.807) is 20.8 Å². The van der Waals surface area contributed by atoms with Gasteiger partial charge in [-0.2, -0.15) is 26.3 Å². The number of amides is 12. The highest BCUT2D eigenvalue weighted by Gasteiger charge is 2.54. The quantitative estimate of drug-likeness (QED) is 0.171. The molecule has 4 aliphatic heterocycles. The number of likely N-dealkylation sites (N-methyl/N-ethyl adjacent to an activating group) is 6. The van der Waals surface area contributed by atoms with Crippen LogP contribution in [-0.2, 0) is 62.3 Å². The molecule has 8 aliphatic rings. The molecule has 8 fully saturated rings. The first kappa shape index (κ1) is 84.1. The number of carbonyl (C=O) groups is 12. The van der Waals surface area contributed by atoms with Crippen molar-refractivity contribution < 1.29 is 88.6 Å². The van der Waals surface area contributed by atoms with Gasteiger partial charge in [0.15, 0.2) is 0 Å². The zero-order valence-electron chi connectivity index (χ0n) is 62.8. The Bertz CT molecular complexity index is 3130. The zero-order valence-corrected chi connectivity index (χ0v) is 63.6. The summed E-state index contributed by atoms with van der Waals surface area (Å²) >= 11 is 6.40. The molecule has 32 heteroatoms. The van der Waals surface area contributed by atoms with Crippen molar-refractivity contribution in [2.45, 2.75) is 253 Å². The second kappa shape index (κ2) is 36.1. The van der Waals surface area contributed by atoms with Gasteiger partial charge in [0.05, 0.1) is 44.6 Å². The second-order valence-corrected chi connectivity index (χ2v) is 32.1. The maximum Gasteiger partial charge on any atom is 0.393 e. The Balaban J connectivity index is 1.17. The van der Waals surface area contributed by atoms with Crippen LogP contribution in [0.1, 0.15) is 182 Å². The minimum atomic E-state index is -4.55. The molecule has 4 saturated heterocycles. The van der Waals surface area contributed by atoms with Gasteiger partial charge in [0.2, 0.25) is 70.9 Å². The van der Waals surface area contributed by atoms with Crippen molar-refractivity contribution in [3.63, 3.8) is 0 Å². The summed E-state index contributed by atoms with van der Waals surface area (Å²) < 4.78 is 90.1. The molecule has 0 aromatic carbocycles. The summed E-state index contributed by atoms with van der Waals surface area (Å²) in [4.78, 5) is 192. The normalized spacial score (nSPS) is 32.4. The Morgan fingerprint density at radius 1 is 0.610 bits per heavy atom. The number of hydrogen-bond acceptors (Lipinski definition) is 13. The van der Waals surface area contributed by atoms with E-state index in [1.807, 2.05) is 6.92 Å². The van der Waals surface area contributed by atoms with Gasteiger partial charge in [-0.25, -0.2) is 0 Å².